The molecule has 6 heteroatoms. The second-order valence-corrected chi connectivity index (χ2v) is 4.67. The number of aliphatic hydroxyl groups excluding tert-OH is 2. The number of ether oxygens (including phenoxy) is 3. The first kappa shape index (κ1) is 11.6. The van der Waals surface area contributed by atoms with Gasteiger partial charge in [-0.15, -0.1) is 0 Å². The fourth-order valence-electron chi connectivity index (χ4n) is 1.94. The molecule has 0 radical (unpaired) electrons. The van der Waals surface area contributed by atoms with Crippen LogP contribution in [0.25, 0.3) is 0 Å². The van der Waals surface area contributed by atoms with Gasteiger partial charge < -0.3 is 24.4 Å². The third kappa shape index (κ3) is 2.02. The van der Waals surface area contributed by atoms with E-state index < -0.39 is 36.5 Å². The van der Waals surface area contributed by atoms with Crippen molar-refractivity contribution in [3.63, 3.8) is 0 Å². The van der Waals surface area contributed by atoms with Crippen molar-refractivity contribution >= 4 is 12.6 Å². The number of hydrogen-bond acceptors (Lipinski definition) is 6. The first-order valence-electron chi connectivity index (χ1n) is 4.93. The molecule has 0 amide bonds. The molecule has 0 bridgehead atoms. The maximum atomic E-state index is 9.87. The quantitative estimate of drug-likeness (QED) is 0.565. The summed E-state index contributed by atoms with van der Waals surface area (Å²) in [4.78, 5) is 0. The van der Waals surface area contributed by atoms with E-state index in [2.05, 4.69) is 12.6 Å². The Balaban J connectivity index is 2.05. The van der Waals surface area contributed by atoms with Crippen molar-refractivity contribution in [1.82, 2.24) is 0 Å². The summed E-state index contributed by atoms with van der Waals surface area (Å²) in [6.45, 7) is 3.51. The Bertz CT molecular complexity index is 247. The number of aliphatic hydroxyl groups is 2. The lowest BCUT2D eigenvalue weighted by molar-refractivity contribution is -0.224. The minimum absolute atomic E-state index is 0.227. The zero-order chi connectivity index (χ0) is 11.2. The fourth-order valence-corrected chi connectivity index (χ4v) is 2.15. The molecule has 2 aliphatic rings. The first-order chi connectivity index (χ1) is 6.94. The van der Waals surface area contributed by atoms with Gasteiger partial charge in [0.2, 0.25) is 0 Å². The van der Waals surface area contributed by atoms with Crippen LogP contribution >= 0.6 is 12.6 Å². The van der Waals surface area contributed by atoms with Crippen LogP contribution in [0, 0.1) is 0 Å². The van der Waals surface area contributed by atoms with Crippen molar-refractivity contribution in [3.8, 4) is 0 Å². The highest BCUT2D eigenvalue weighted by molar-refractivity contribution is 7.80. The van der Waals surface area contributed by atoms with E-state index in [1.54, 1.807) is 13.8 Å². The standard InChI is InChI=1S/C9H16O5S/c1-9(2)13-7-5(11)6(4(10)3-15)12-8(7)14-9/h4-8,10-11,15H,3H2,1-2H3/t4-,5+,6-,7-,8-/m1/s1. The van der Waals surface area contributed by atoms with Crippen LogP contribution in [-0.4, -0.2) is 52.5 Å². The Morgan fingerprint density at radius 3 is 2.60 bits per heavy atom. The Labute approximate surface area is 93.7 Å². The smallest absolute Gasteiger partial charge is 0.190 e. The predicted molar refractivity (Wildman–Crippen MR) is 54.6 cm³/mol. The van der Waals surface area contributed by atoms with Crippen molar-refractivity contribution in [1.29, 1.82) is 0 Å². The van der Waals surface area contributed by atoms with Gasteiger partial charge in [0.1, 0.15) is 18.3 Å². The van der Waals surface area contributed by atoms with E-state index in [4.69, 9.17) is 14.2 Å². The van der Waals surface area contributed by atoms with Gasteiger partial charge in [-0.25, -0.2) is 0 Å². The summed E-state index contributed by atoms with van der Waals surface area (Å²) in [5.41, 5.74) is 0. The summed E-state index contributed by atoms with van der Waals surface area (Å²) in [6, 6.07) is 0. The van der Waals surface area contributed by atoms with Crippen LogP contribution in [0.1, 0.15) is 13.8 Å². The van der Waals surface area contributed by atoms with Gasteiger partial charge in [-0.1, -0.05) is 0 Å². The SMILES string of the molecule is CC1(C)O[C@H]2O[C@H]([C@H](O)CS)[C@H](O)[C@H]2O1. The molecule has 0 aromatic rings. The second-order valence-electron chi connectivity index (χ2n) is 4.31. The van der Waals surface area contributed by atoms with E-state index in [0.717, 1.165) is 0 Å². The molecular weight excluding hydrogens is 220 g/mol. The number of fused-ring (bicyclic) bond motifs is 1. The monoisotopic (exact) mass is 236 g/mol. The summed E-state index contributed by atoms with van der Waals surface area (Å²) in [7, 11) is 0. The predicted octanol–water partition coefficient (Wildman–Crippen LogP) is -0.486. The molecule has 0 saturated carbocycles. The van der Waals surface area contributed by atoms with Crippen LogP contribution in [0.2, 0.25) is 0 Å². The minimum Gasteiger partial charge on any atom is -0.389 e. The lowest BCUT2D eigenvalue weighted by Crippen LogP contribution is -2.41. The molecule has 0 aromatic heterocycles. The largest absolute Gasteiger partial charge is 0.389 e. The minimum atomic E-state index is -0.876. The fraction of sp³-hybridized carbons (Fsp3) is 1.00. The van der Waals surface area contributed by atoms with Crippen LogP contribution in [-0.2, 0) is 14.2 Å². The van der Waals surface area contributed by atoms with Crippen molar-refractivity contribution in [2.24, 2.45) is 0 Å². The molecule has 2 fully saturated rings. The molecule has 2 heterocycles. The summed E-state index contributed by atoms with van der Waals surface area (Å²) >= 11 is 3.95. The normalized spacial score (nSPS) is 45.4. The average molecular weight is 236 g/mol. The molecule has 15 heavy (non-hydrogen) atoms. The molecule has 5 nitrogen and oxygen atoms in total. The van der Waals surface area contributed by atoms with Gasteiger partial charge in [-0.2, -0.15) is 12.6 Å². The third-order valence-electron chi connectivity index (χ3n) is 2.62. The van der Waals surface area contributed by atoms with Crippen molar-refractivity contribution in [3.05, 3.63) is 0 Å². The van der Waals surface area contributed by atoms with E-state index in [0.29, 0.717) is 0 Å². The third-order valence-corrected chi connectivity index (χ3v) is 2.99. The topological polar surface area (TPSA) is 68.2 Å². The lowest BCUT2D eigenvalue weighted by atomic mass is 10.1. The van der Waals surface area contributed by atoms with Gasteiger partial charge in [0.15, 0.2) is 12.1 Å². The van der Waals surface area contributed by atoms with Gasteiger partial charge in [0.05, 0.1) is 6.10 Å². The Morgan fingerprint density at radius 2 is 2.07 bits per heavy atom. The van der Waals surface area contributed by atoms with Gasteiger partial charge >= 0.3 is 0 Å². The molecule has 2 rings (SSSR count). The van der Waals surface area contributed by atoms with E-state index in [1.165, 1.54) is 0 Å². The summed E-state index contributed by atoms with van der Waals surface area (Å²) < 4.78 is 16.3. The van der Waals surface area contributed by atoms with Crippen molar-refractivity contribution in [2.45, 2.75) is 50.3 Å². The Kier molecular flexibility index (Phi) is 3.00. The van der Waals surface area contributed by atoms with E-state index >= 15 is 0 Å². The molecule has 0 unspecified atom stereocenters. The zero-order valence-electron chi connectivity index (χ0n) is 8.66. The average Bonchev–Trinajstić information content (AvgIpc) is 2.60. The zero-order valence-corrected chi connectivity index (χ0v) is 9.55. The van der Waals surface area contributed by atoms with E-state index in [1.807, 2.05) is 0 Å². The van der Waals surface area contributed by atoms with Crippen LogP contribution in [0.5, 0.6) is 0 Å². The van der Waals surface area contributed by atoms with Gasteiger partial charge in [-0.05, 0) is 13.8 Å². The molecular formula is C9H16O5S. The highest BCUT2D eigenvalue weighted by Crippen LogP contribution is 2.38. The molecule has 0 spiro atoms. The molecule has 0 aromatic carbocycles. The van der Waals surface area contributed by atoms with Crippen LogP contribution in [0.3, 0.4) is 0 Å². The molecule has 88 valence electrons. The number of rotatable bonds is 2. The summed E-state index contributed by atoms with van der Waals surface area (Å²) in [6.07, 6.45) is -3.51. The maximum absolute atomic E-state index is 9.87. The van der Waals surface area contributed by atoms with Crippen LogP contribution < -0.4 is 0 Å². The molecule has 0 aliphatic carbocycles. The van der Waals surface area contributed by atoms with Gasteiger partial charge in [0.25, 0.3) is 0 Å². The van der Waals surface area contributed by atoms with Crippen molar-refractivity contribution < 1.29 is 24.4 Å². The number of thiol groups is 1. The number of hydrogen-bond donors (Lipinski definition) is 3. The molecule has 5 atom stereocenters. The van der Waals surface area contributed by atoms with E-state index in [-0.39, 0.29) is 5.75 Å². The summed E-state index contributed by atoms with van der Waals surface area (Å²) in [5.74, 6) is -0.516. The molecule has 2 saturated heterocycles. The van der Waals surface area contributed by atoms with Gasteiger partial charge in [-0.3, -0.25) is 0 Å². The highest BCUT2D eigenvalue weighted by Gasteiger charge is 2.55. The maximum Gasteiger partial charge on any atom is 0.190 e. The molecule has 2 aliphatic heterocycles. The second kappa shape index (κ2) is 3.87. The highest BCUT2D eigenvalue weighted by atomic mass is 32.1. The van der Waals surface area contributed by atoms with E-state index in [9.17, 15) is 10.2 Å². The van der Waals surface area contributed by atoms with Gasteiger partial charge in [0, 0.05) is 5.75 Å². The van der Waals surface area contributed by atoms with Crippen LogP contribution in [0.4, 0.5) is 0 Å². The Hall–Kier alpha value is 0.150. The summed E-state index contributed by atoms with van der Waals surface area (Å²) in [5, 5.41) is 19.4. The Morgan fingerprint density at radius 1 is 1.40 bits per heavy atom. The van der Waals surface area contributed by atoms with Crippen LogP contribution in [0.15, 0.2) is 0 Å². The first-order valence-corrected chi connectivity index (χ1v) is 5.56. The van der Waals surface area contributed by atoms with Crippen molar-refractivity contribution in [2.75, 3.05) is 5.75 Å². The molecule has 2 N–H and O–H groups in total. The lowest BCUT2D eigenvalue weighted by Gasteiger charge is -2.25.